The summed E-state index contributed by atoms with van der Waals surface area (Å²) < 4.78 is 16.4. The summed E-state index contributed by atoms with van der Waals surface area (Å²) in [6.45, 7) is 18.5. The van der Waals surface area contributed by atoms with E-state index < -0.39 is 0 Å². The van der Waals surface area contributed by atoms with Crippen molar-refractivity contribution in [1.82, 2.24) is 48.2 Å². The number of aromatic nitrogens is 10. The van der Waals surface area contributed by atoms with Crippen LogP contribution in [0.1, 0.15) is 100 Å². The molecule has 11 heteroatoms. The van der Waals surface area contributed by atoms with E-state index in [0.29, 0.717) is 5.82 Å². The van der Waals surface area contributed by atoms with Crippen LogP contribution in [0.4, 0.5) is 0 Å². The number of furan rings is 1. The largest absolute Gasteiger partial charge is 0.454 e. The molecule has 0 aliphatic heterocycles. The summed E-state index contributed by atoms with van der Waals surface area (Å²) in [5.41, 5.74) is 43.2. The Morgan fingerprint density at radius 3 is 0.980 bits per heavy atom. The molecule has 0 N–H and O–H groups in total. The number of para-hydroxylation sites is 7. The van der Waals surface area contributed by atoms with Gasteiger partial charge in [-0.2, -0.15) is 0 Å². The van der Waals surface area contributed by atoms with Gasteiger partial charge in [0.15, 0.2) is 23.1 Å². The van der Waals surface area contributed by atoms with Gasteiger partial charge in [0.05, 0.1) is 84.0 Å². The van der Waals surface area contributed by atoms with E-state index in [1.807, 2.05) is 12.1 Å². The van der Waals surface area contributed by atoms with E-state index in [1.165, 1.54) is 121 Å². The molecule has 0 saturated heterocycles. The highest BCUT2D eigenvalue weighted by Gasteiger charge is 2.45. The first-order chi connectivity index (χ1) is 73.0. The fourth-order valence-corrected chi connectivity index (χ4v) is 25.5. The molecular formula is C138H98N10O. The van der Waals surface area contributed by atoms with Crippen LogP contribution in [0, 0.1) is 0 Å². The molecule has 0 unspecified atom stereocenters. The molecule has 0 saturated carbocycles. The van der Waals surface area contributed by atoms with E-state index in [1.54, 1.807) is 0 Å². The fraction of sp³-hybridized carbons (Fsp3) is 0.0870. The van der Waals surface area contributed by atoms with Crippen LogP contribution in [0.5, 0.6) is 0 Å². The normalized spacial score (nSPS) is 13.9. The Labute approximate surface area is 861 Å². The van der Waals surface area contributed by atoms with Crippen LogP contribution < -0.4 is 0 Å². The molecule has 31 rings (SSSR count). The van der Waals surface area contributed by atoms with Crippen molar-refractivity contribution in [3.05, 3.63) is 494 Å². The van der Waals surface area contributed by atoms with Crippen molar-refractivity contribution >= 4 is 109 Å². The van der Waals surface area contributed by atoms with Gasteiger partial charge < -0.3 is 22.7 Å². The zero-order valence-electron chi connectivity index (χ0n) is 83.6. The summed E-state index contributed by atoms with van der Waals surface area (Å²) in [6, 6.07) is 160. The second-order valence-corrected chi connectivity index (χ2v) is 42.2. The van der Waals surface area contributed by atoms with Crippen LogP contribution in [-0.4, -0.2) is 48.2 Å². The Hall–Kier alpha value is -18.6. The second kappa shape index (κ2) is 33.0. The highest BCUT2D eigenvalue weighted by Crippen LogP contribution is 2.59. The number of rotatable bonds is 10. The van der Waals surface area contributed by atoms with Crippen molar-refractivity contribution in [3.63, 3.8) is 0 Å². The van der Waals surface area contributed by atoms with Crippen LogP contribution in [0.2, 0.25) is 0 Å². The Bertz CT molecular complexity index is 10300. The van der Waals surface area contributed by atoms with Gasteiger partial charge in [-0.25, -0.2) is 29.9 Å². The molecule has 0 fully saturated rings. The number of fused-ring (bicyclic) bond motifs is 30. The van der Waals surface area contributed by atoms with Gasteiger partial charge in [0.2, 0.25) is 0 Å². The van der Waals surface area contributed by atoms with Crippen LogP contribution in [0.25, 0.3) is 244 Å². The summed E-state index contributed by atoms with van der Waals surface area (Å²) in [6.07, 6.45) is 0. The SMILES string of the molecule is CC1(C)c2ccccc2-c2c(-c3ccccc3)nc(-c3cccc(-n4c5ccccc5c5ccc6c(c54)C(C)(C)c4ccccc4-6)c3)nc21.CC1(C)c2ccccc2-c2c(-c3ccccc3)nc(-c3cccc(-n4c5ccccc5c5ccc6c7ccccc7n(-c7ccccc7)c6c54)c3)nc21.CC1(C)c2ccccc2-c2c(-c3ccccc3)nc(-c3ccccc3-n3c4ccccc4c4ccc5c6ccccc6oc5c43)nc21. The molecule has 0 spiro atoms. The van der Waals surface area contributed by atoms with E-state index in [9.17, 15) is 0 Å². The maximum Gasteiger partial charge on any atom is 0.162 e. The summed E-state index contributed by atoms with van der Waals surface area (Å²) >= 11 is 0. The van der Waals surface area contributed by atoms with Crippen LogP contribution in [0.15, 0.2) is 453 Å². The molecule has 27 aromatic rings. The molecule has 0 radical (unpaired) electrons. The molecule has 706 valence electrons. The van der Waals surface area contributed by atoms with Crippen molar-refractivity contribution in [1.29, 1.82) is 0 Å². The van der Waals surface area contributed by atoms with Gasteiger partial charge in [-0.15, -0.1) is 0 Å². The summed E-state index contributed by atoms with van der Waals surface area (Å²) in [4.78, 5) is 32.5. The molecule has 11 nitrogen and oxygen atoms in total. The zero-order valence-corrected chi connectivity index (χ0v) is 83.6. The topological polar surface area (TPSA) is 110 Å². The first kappa shape index (κ1) is 87.0. The Kier molecular flexibility index (Phi) is 19.3. The van der Waals surface area contributed by atoms with Crippen LogP contribution >= 0.6 is 0 Å². The first-order valence-electron chi connectivity index (χ1n) is 51.6. The van der Waals surface area contributed by atoms with Gasteiger partial charge in [-0.3, -0.25) is 0 Å². The minimum Gasteiger partial charge on any atom is -0.454 e. The van der Waals surface area contributed by atoms with Crippen molar-refractivity contribution in [2.24, 2.45) is 0 Å². The zero-order chi connectivity index (χ0) is 99.6. The predicted octanol–water partition coefficient (Wildman–Crippen LogP) is 34.9. The molecule has 149 heavy (non-hydrogen) atoms. The predicted molar refractivity (Wildman–Crippen MR) is 614 cm³/mol. The second-order valence-electron chi connectivity index (χ2n) is 42.2. The smallest absolute Gasteiger partial charge is 0.162 e. The van der Waals surface area contributed by atoms with Gasteiger partial charge in [-0.1, -0.05) is 419 Å². The lowest BCUT2D eigenvalue weighted by molar-refractivity contribution is 0.636. The Morgan fingerprint density at radius 2 is 0.517 bits per heavy atom. The quantitative estimate of drug-likeness (QED) is 0.134. The average Bonchev–Trinajstić information content (AvgIpc) is 1.54. The molecule has 19 aromatic carbocycles. The lowest BCUT2D eigenvalue weighted by Crippen LogP contribution is -2.17. The highest BCUT2D eigenvalue weighted by atomic mass is 16.3. The molecular weight excluding hydrogens is 1810 g/mol. The van der Waals surface area contributed by atoms with E-state index >= 15 is 0 Å². The molecule has 0 bridgehead atoms. The third kappa shape index (κ3) is 13.0. The van der Waals surface area contributed by atoms with Crippen LogP contribution in [0.3, 0.4) is 0 Å². The van der Waals surface area contributed by atoms with E-state index in [4.69, 9.17) is 34.3 Å². The van der Waals surface area contributed by atoms with E-state index in [0.717, 1.165) is 163 Å². The van der Waals surface area contributed by atoms with Crippen molar-refractivity contribution < 1.29 is 4.42 Å². The molecule has 0 atom stereocenters. The van der Waals surface area contributed by atoms with Crippen molar-refractivity contribution in [2.45, 2.75) is 77.0 Å². The number of hydrogen-bond acceptors (Lipinski definition) is 7. The van der Waals surface area contributed by atoms with Crippen LogP contribution in [-0.2, 0) is 21.7 Å². The molecule has 8 heterocycles. The molecule has 4 aliphatic carbocycles. The number of hydrogen-bond donors (Lipinski definition) is 0. The van der Waals surface area contributed by atoms with Gasteiger partial charge in [0.1, 0.15) is 5.58 Å². The maximum absolute atomic E-state index is 6.65. The fourth-order valence-electron chi connectivity index (χ4n) is 25.5. The molecule has 4 aliphatic rings. The molecule has 0 amide bonds. The maximum atomic E-state index is 6.65. The summed E-state index contributed by atoms with van der Waals surface area (Å²) in [5, 5.41) is 12.0. The third-order valence-corrected chi connectivity index (χ3v) is 32.4. The summed E-state index contributed by atoms with van der Waals surface area (Å²) in [7, 11) is 0. The van der Waals surface area contributed by atoms with Gasteiger partial charge in [0, 0.05) is 143 Å². The molecule has 8 aromatic heterocycles. The lowest BCUT2D eigenvalue weighted by atomic mass is 9.81. The van der Waals surface area contributed by atoms with Gasteiger partial charge in [0.25, 0.3) is 0 Å². The van der Waals surface area contributed by atoms with Crippen molar-refractivity contribution in [2.75, 3.05) is 0 Å². The number of benzene rings is 19. The average molecular weight is 1910 g/mol. The van der Waals surface area contributed by atoms with E-state index in [2.05, 4.69) is 510 Å². The van der Waals surface area contributed by atoms with E-state index in [-0.39, 0.29) is 21.7 Å². The summed E-state index contributed by atoms with van der Waals surface area (Å²) in [5.74, 6) is 2.19. The first-order valence-corrected chi connectivity index (χ1v) is 51.6. The minimum atomic E-state index is -0.282. The van der Waals surface area contributed by atoms with Gasteiger partial charge in [-0.05, 0) is 141 Å². The van der Waals surface area contributed by atoms with Gasteiger partial charge >= 0.3 is 0 Å². The van der Waals surface area contributed by atoms with Crippen molar-refractivity contribution in [3.8, 4) is 135 Å². The standard InChI is InChI=1S/C49H34N4.C46H35N3.C43H29N3O/c1-49(2)40-25-12-9-24-39(40)43-44(31-16-5-3-6-17-31)50-48(51-47(43)49)32-18-15-21-34(30-32)53-42-27-14-11-23-36(42)38-29-28-37-35-22-10-13-26-41(35)52(45(37)46(38)53)33-19-7-4-8-20-33;1-45(2)36-22-11-8-19-31(36)33-25-26-34-32-20-10-13-24-38(32)49(42(34)40(33)45)30-18-14-17-29(27-30)44-47-41(28-15-6-5-7-16-28)39-35-21-9-12-23-37(35)46(3,4)43(39)48-44;1-43(2)33-20-10-6-18-31(33)37-38(26-14-4-3-5-15-26)44-42(45-41(37)43)32-19-8-12-22-35(32)46-34-21-11-7-16-27(34)29-24-25-30-28-17-9-13-23-36(28)47-40(30)39(29)46/h3-30H,1-2H3;5-27H,1-4H3;3-25H,1-2H3. The Balaban J connectivity index is 0.000000105. The number of nitrogens with zero attached hydrogens (tertiary/aromatic N) is 10. The monoisotopic (exact) mass is 1910 g/mol. The lowest BCUT2D eigenvalue weighted by Gasteiger charge is -2.24. The Morgan fingerprint density at radius 1 is 0.201 bits per heavy atom. The minimum absolute atomic E-state index is 0.149. The highest BCUT2D eigenvalue weighted by molar-refractivity contribution is 6.25. The third-order valence-electron chi connectivity index (χ3n) is 32.4.